The predicted octanol–water partition coefficient (Wildman–Crippen LogP) is 2.84. The maximum atomic E-state index is 12.2. The molecular weight excluding hydrogens is 318 g/mol. The first-order chi connectivity index (χ1) is 11.8. The normalized spacial score (nSPS) is 15.4. The van der Waals surface area contributed by atoms with Crippen LogP contribution < -0.4 is 4.90 Å². The van der Waals surface area contributed by atoms with Crippen molar-refractivity contribution in [1.29, 1.82) is 0 Å². The number of H-pyrrole nitrogens is 1. The van der Waals surface area contributed by atoms with Crippen LogP contribution in [-0.2, 0) is 4.74 Å². The third kappa shape index (κ3) is 4.10. The minimum atomic E-state index is -0.473. The molecule has 0 atom stereocenters. The van der Waals surface area contributed by atoms with E-state index in [1.807, 2.05) is 46.0 Å². The number of pyridine rings is 1. The van der Waals surface area contributed by atoms with Crippen molar-refractivity contribution < 1.29 is 9.53 Å². The molecule has 3 rings (SSSR count). The Morgan fingerprint density at radius 3 is 2.52 bits per heavy atom. The van der Waals surface area contributed by atoms with Crippen LogP contribution in [0.1, 0.15) is 26.5 Å². The molecule has 0 saturated carbocycles. The lowest BCUT2D eigenvalue weighted by molar-refractivity contribution is 0.0240. The highest BCUT2D eigenvalue weighted by molar-refractivity contribution is 5.72. The van der Waals surface area contributed by atoms with Crippen LogP contribution in [0.5, 0.6) is 0 Å². The van der Waals surface area contributed by atoms with Gasteiger partial charge in [0.1, 0.15) is 17.2 Å². The van der Waals surface area contributed by atoms with Crippen LogP contribution in [0.15, 0.2) is 24.5 Å². The van der Waals surface area contributed by atoms with Gasteiger partial charge in [-0.15, -0.1) is 0 Å². The zero-order chi connectivity index (χ0) is 18.0. The zero-order valence-corrected chi connectivity index (χ0v) is 15.2. The number of hydrogen-bond acceptors (Lipinski definition) is 5. The number of nitrogens with one attached hydrogen (secondary N) is 1. The number of aromatic amines is 1. The summed E-state index contributed by atoms with van der Waals surface area (Å²) in [5.74, 6) is 1.70. The molecule has 25 heavy (non-hydrogen) atoms. The zero-order valence-electron chi connectivity index (χ0n) is 15.2. The highest BCUT2D eigenvalue weighted by Crippen LogP contribution is 2.27. The lowest BCUT2D eigenvalue weighted by Gasteiger charge is -2.36. The van der Waals surface area contributed by atoms with E-state index in [4.69, 9.17) is 4.74 Å². The van der Waals surface area contributed by atoms with Crippen LogP contribution in [0.25, 0.3) is 11.4 Å². The number of hydrogen-bond donors (Lipinski definition) is 1. The molecule has 2 aromatic heterocycles. The summed E-state index contributed by atoms with van der Waals surface area (Å²) in [5, 5.41) is 0. The van der Waals surface area contributed by atoms with Gasteiger partial charge in [0.2, 0.25) is 0 Å². The number of carbonyl (C=O) groups excluding carboxylic acids is 1. The van der Waals surface area contributed by atoms with Crippen LogP contribution in [0.3, 0.4) is 0 Å². The van der Waals surface area contributed by atoms with Gasteiger partial charge in [-0.3, -0.25) is 0 Å². The summed E-state index contributed by atoms with van der Waals surface area (Å²) < 4.78 is 5.45. The van der Waals surface area contributed by atoms with E-state index in [0.717, 1.165) is 22.9 Å². The van der Waals surface area contributed by atoms with E-state index in [2.05, 4.69) is 19.9 Å². The van der Waals surface area contributed by atoms with Crippen molar-refractivity contribution in [3.05, 3.63) is 30.2 Å². The average Bonchev–Trinajstić information content (AvgIpc) is 3.00. The van der Waals surface area contributed by atoms with E-state index < -0.39 is 5.60 Å². The van der Waals surface area contributed by atoms with Gasteiger partial charge in [0.15, 0.2) is 0 Å². The second kappa shape index (κ2) is 6.74. The molecule has 7 heteroatoms. The molecule has 1 N–H and O–H groups in total. The SMILES string of the molecule is Cc1cnc(-c2cccnc2N2CCN(C(=O)OC(C)(C)C)CC2)[nH]1. The average molecular weight is 343 g/mol. The van der Waals surface area contributed by atoms with Crippen molar-refractivity contribution >= 4 is 11.9 Å². The maximum absolute atomic E-state index is 12.2. The number of carbonyl (C=O) groups is 1. The fourth-order valence-electron chi connectivity index (χ4n) is 2.81. The van der Waals surface area contributed by atoms with Gasteiger partial charge in [0.25, 0.3) is 0 Å². The van der Waals surface area contributed by atoms with Gasteiger partial charge in [0.05, 0.1) is 5.56 Å². The summed E-state index contributed by atoms with van der Waals surface area (Å²) in [6.07, 6.45) is 3.34. The Morgan fingerprint density at radius 2 is 1.92 bits per heavy atom. The van der Waals surface area contributed by atoms with Crippen molar-refractivity contribution in [1.82, 2.24) is 19.9 Å². The molecule has 3 heterocycles. The second-order valence-corrected chi connectivity index (χ2v) is 7.24. The van der Waals surface area contributed by atoms with Crippen molar-refractivity contribution in [2.75, 3.05) is 31.1 Å². The van der Waals surface area contributed by atoms with E-state index >= 15 is 0 Å². The minimum absolute atomic E-state index is 0.255. The molecule has 2 aromatic rings. The first kappa shape index (κ1) is 17.3. The molecule has 1 fully saturated rings. The molecule has 1 aliphatic rings. The first-order valence-corrected chi connectivity index (χ1v) is 8.53. The fraction of sp³-hybridized carbons (Fsp3) is 0.500. The Labute approximate surface area is 148 Å². The maximum Gasteiger partial charge on any atom is 0.410 e. The standard InChI is InChI=1S/C18H25N5O2/c1-13-12-20-15(21-13)14-6-5-7-19-16(14)22-8-10-23(11-9-22)17(24)25-18(2,3)4/h5-7,12H,8-11H2,1-4H3,(H,20,21). The van der Waals surface area contributed by atoms with E-state index in [9.17, 15) is 4.79 Å². The quantitative estimate of drug-likeness (QED) is 0.907. The minimum Gasteiger partial charge on any atom is -0.444 e. The van der Waals surface area contributed by atoms with Gasteiger partial charge in [-0.25, -0.2) is 14.8 Å². The van der Waals surface area contributed by atoms with Crippen LogP contribution in [0.4, 0.5) is 10.6 Å². The van der Waals surface area contributed by atoms with Crippen molar-refractivity contribution in [2.24, 2.45) is 0 Å². The molecule has 0 aromatic carbocycles. The molecular formula is C18H25N5O2. The fourth-order valence-corrected chi connectivity index (χ4v) is 2.81. The number of imidazole rings is 1. The van der Waals surface area contributed by atoms with Gasteiger partial charge in [-0.05, 0) is 39.8 Å². The third-order valence-corrected chi connectivity index (χ3v) is 3.98. The molecule has 0 spiro atoms. The summed E-state index contributed by atoms with van der Waals surface area (Å²) in [6.45, 7) is 10.3. The van der Waals surface area contributed by atoms with Gasteiger partial charge >= 0.3 is 6.09 Å². The molecule has 0 radical (unpaired) electrons. The monoisotopic (exact) mass is 343 g/mol. The van der Waals surface area contributed by atoms with Gasteiger partial charge in [-0.2, -0.15) is 0 Å². The van der Waals surface area contributed by atoms with E-state index in [0.29, 0.717) is 26.2 Å². The molecule has 1 aliphatic heterocycles. The van der Waals surface area contributed by atoms with Crippen LogP contribution >= 0.6 is 0 Å². The molecule has 0 bridgehead atoms. The number of aryl methyl sites for hydroxylation is 1. The number of ether oxygens (including phenoxy) is 1. The van der Waals surface area contributed by atoms with Gasteiger partial charge in [-0.1, -0.05) is 0 Å². The lowest BCUT2D eigenvalue weighted by atomic mass is 10.2. The Hall–Kier alpha value is -2.57. The second-order valence-electron chi connectivity index (χ2n) is 7.24. The summed E-state index contributed by atoms with van der Waals surface area (Å²) in [5.41, 5.74) is 1.51. The molecule has 1 amide bonds. The smallest absolute Gasteiger partial charge is 0.410 e. The summed E-state index contributed by atoms with van der Waals surface area (Å²) >= 11 is 0. The van der Waals surface area contributed by atoms with Crippen LogP contribution in [-0.4, -0.2) is 57.7 Å². The number of anilines is 1. The molecule has 134 valence electrons. The number of aromatic nitrogens is 3. The predicted molar refractivity (Wildman–Crippen MR) is 96.6 cm³/mol. The summed E-state index contributed by atoms with van der Waals surface area (Å²) in [6, 6.07) is 3.93. The Kier molecular flexibility index (Phi) is 4.65. The van der Waals surface area contributed by atoms with Gasteiger partial charge in [0, 0.05) is 44.3 Å². The van der Waals surface area contributed by atoms with Gasteiger partial charge < -0.3 is 19.5 Å². The molecule has 7 nitrogen and oxygen atoms in total. The van der Waals surface area contributed by atoms with Crippen LogP contribution in [0.2, 0.25) is 0 Å². The highest BCUT2D eigenvalue weighted by Gasteiger charge is 2.27. The first-order valence-electron chi connectivity index (χ1n) is 8.53. The summed E-state index contributed by atoms with van der Waals surface area (Å²) in [7, 11) is 0. The number of piperazine rings is 1. The van der Waals surface area contributed by atoms with Crippen molar-refractivity contribution in [3.8, 4) is 11.4 Å². The molecule has 0 aliphatic carbocycles. The molecule has 0 unspecified atom stereocenters. The highest BCUT2D eigenvalue weighted by atomic mass is 16.6. The Bertz CT molecular complexity index is 742. The van der Waals surface area contributed by atoms with E-state index in [-0.39, 0.29) is 6.09 Å². The Balaban J connectivity index is 1.71. The van der Waals surface area contributed by atoms with Crippen molar-refractivity contribution in [2.45, 2.75) is 33.3 Å². The number of rotatable bonds is 2. The van der Waals surface area contributed by atoms with Crippen molar-refractivity contribution in [3.63, 3.8) is 0 Å². The summed E-state index contributed by atoms with van der Waals surface area (Å²) in [4.78, 5) is 28.4. The van der Waals surface area contributed by atoms with E-state index in [1.165, 1.54) is 0 Å². The van der Waals surface area contributed by atoms with E-state index in [1.54, 1.807) is 11.1 Å². The third-order valence-electron chi connectivity index (χ3n) is 3.98. The number of nitrogens with zero attached hydrogens (tertiary/aromatic N) is 4. The lowest BCUT2D eigenvalue weighted by Crippen LogP contribution is -2.50. The molecule has 1 saturated heterocycles. The largest absolute Gasteiger partial charge is 0.444 e. The Morgan fingerprint density at radius 1 is 1.20 bits per heavy atom. The topological polar surface area (TPSA) is 74.3 Å². The van der Waals surface area contributed by atoms with Crippen LogP contribution in [0, 0.1) is 6.92 Å². The number of amides is 1.